The van der Waals surface area contributed by atoms with Crippen LogP contribution >= 0.6 is 22.7 Å². The molecule has 2 heterocycles. The zero-order valence-electron chi connectivity index (χ0n) is 26.1. The van der Waals surface area contributed by atoms with Crippen LogP contribution in [-0.2, 0) is 0 Å². The van der Waals surface area contributed by atoms with Crippen molar-refractivity contribution in [2.75, 3.05) is 4.90 Å². The van der Waals surface area contributed by atoms with Crippen molar-refractivity contribution in [2.45, 2.75) is 0 Å². The van der Waals surface area contributed by atoms with E-state index in [0.717, 1.165) is 28.2 Å². The van der Waals surface area contributed by atoms with Gasteiger partial charge in [0.1, 0.15) is 0 Å². The fourth-order valence-electron chi connectivity index (χ4n) is 6.85. The van der Waals surface area contributed by atoms with Crippen LogP contribution < -0.4 is 4.90 Å². The summed E-state index contributed by atoms with van der Waals surface area (Å²) < 4.78 is 5.12. The van der Waals surface area contributed by atoms with Crippen molar-refractivity contribution in [3.63, 3.8) is 0 Å². The summed E-state index contributed by atoms with van der Waals surface area (Å²) in [5.41, 5.74) is 8.20. The normalized spacial score (nSPS) is 11.2. The Hall–Kier alpha value is -6.24. The second kappa shape index (κ2) is 11.8. The van der Waals surface area contributed by atoms with Crippen molar-refractivity contribution in [1.82, 2.24) is 0 Å². The molecule has 0 bridgehead atoms. The third-order valence-electron chi connectivity index (χ3n) is 9.12. The number of nitriles is 2. The molecule has 0 aliphatic rings. The zero-order chi connectivity index (χ0) is 32.9. The van der Waals surface area contributed by atoms with E-state index in [1.165, 1.54) is 51.5 Å². The van der Waals surface area contributed by atoms with Gasteiger partial charge in [0.25, 0.3) is 0 Å². The molecule has 0 atom stereocenters. The van der Waals surface area contributed by atoms with E-state index in [0.29, 0.717) is 11.1 Å². The van der Waals surface area contributed by atoms with E-state index in [2.05, 4.69) is 150 Å². The molecular weight excluding hydrogens is 635 g/mol. The Morgan fingerprint density at radius 1 is 0.408 bits per heavy atom. The molecule has 0 amide bonds. The predicted molar refractivity (Wildman–Crippen MR) is 207 cm³/mol. The van der Waals surface area contributed by atoms with Crippen molar-refractivity contribution in [3.05, 3.63) is 163 Å². The van der Waals surface area contributed by atoms with Gasteiger partial charge >= 0.3 is 0 Å². The molecule has 0 saturated carbocycles. The van der Waals surface area contributed by atoms with Gasteiger partial charge in [0, 0.05) is 57.4 Å². The van der Waals surface area contributed by atoms with Crippen LogP contribution in [0.25, 0.3) is 62.6 Å². The maximum Gasteiger partial charge on any atom is 0.0992 e. The van der Waals surface area contributed by atoms with Crippen LogP contribution in [-0.4, -0.2) is 0 Å². The molecule has 9 rings (SSSR count). The summed E-state index contributed by atoms with van der Waals surface area (Å²) in [5.74, 6) is 0. The standard InChI is InChI=1S/C44H25N3S2/c45-26-28-23-29(27-46)25-34(24-28)47(32-19-15-30(16-20-32)35-9-5-11-39-37-7-1-3-13-41(37)48-43(35)39)33-21-17-31(18-22-33)36-10-6-12-40-38-8-2-4-14-42(38)49-44(36)40/h1-25H. The molecule has 9 aromatic rings. The SMILES string of the molecule is N#Cc1cc(C#N)cc(N(c2ccc(-c3cccc4c3sc3ccccc34)cc2)c2ccc(-c3cccc4c3sc3ccccc34)cc2)c1. The van der Waals surface area contributed by atoms with Crippen molar-refractivity contribution in [3.8, 4) is 34.4 Å². The molecule has 0 radical (unpaired) electrons. The van der Waals surface area contributed by atoms with Crippen LogP contribution in [0.5, 0.6) is 0 Å². The number of rotatable bonds is 5. The predicted octanol–water partition coefficient (Wildman–Crippen LogP) is 13.0. The first-order valence-corrected chi connectivity index (χ1v) is 17.6. The fourth-order valence-corrected chi connectivity index (χ4v) is 9.32. The molecule has 228 valence electrons. The summed E-state index contributed by atoms with van der Waals surface area (Å²) >= 11 is 3.65. The quantitative estimate of drug-likeness (QED) is 0.185. The van der Waals surface area contributed by atoms with Gasteiger partial charge in [-0.05, 0) is 76.9 Å². The van der Waals surface area contributed by atoms with Crippen LogP contribution in [0.1, 0.15) is 11.1 Å². The molecule has 0 N–H and O–H groups in total. The lowest BCUT2D eigenvalue weighted by molar-refractivity contribution is 1.27. The number of fused-ring (bicyclic) bond motifs is 6. The Morgan fingerprint density at radius 2 is 0.837 bits per heavy atom. The Bertz CT molecular complexity index is 2600. The summed E-state index contributed by atoms with van der Waals surface area (Å²) in [6.45, 7) is 0. The molecule has 0 aliphatic heterocycles. The van der Waals surface area contributed by atoms with E-state index in [1.807, 2.05) is 34.8 Å². The lowest BCUT2D eigenvalue weighted by Gasteiger charge is -2.26. The fraction of sp³-hybridized carbons (Fsp3) is 0. The van der Waals surface area contributed by atoms with Crippen LogP contribution in [0.4, 0.5) is 17.1 Å². The van der Waals surface area contributed by atoms with Gasteiger partial charge in [-0.25, -0.2) is 0 Å². The third-order valence-corrected chi connectivity index (χ3v) is 11.6. The summed E-state index contributed by atoms with van der Waals surface area (Å²) in [6, 6.07) is 57.1. The number of hydrogen-bond donors (Lipinski definition) is 0. The highest BCUT2D eigenvalue weighted by molar-refractivity contribution is 7.26. The summed E-state index contributed by atoms with van der Waals surface area (Å²) in [4.78, 5) is 2.12. The van der Waals surface area contributed by atoms with Crippen molar-refractivity contribution >= 4 is 80.1 Å². The summed E-state index contributed by atoms with van der Waals surface area (Å²) in [5, 5.41) is 24.8. The zero-order valence-corrected chi connectivity index (χ0v) is 27.7. The van der Waals surface area contributed by atoms with Crippen molar-refractivity contribution in [2.24, 2.45) is 0 Å². The minimum absolute atomic E-state index is 0.445. The minimum atomic E-state index is 0.445. The molecular formula is C44H25N3S2. The third kappa shape index (κ3) is 4.93. The summed E-state index contributed by atoms with van der Waals surface area (Å²) in [6.07, 6.45) is 0. The smallest absolute Gasteiger partial charge is 0.0992 e. The van der Waals surface area contributed by atoms with Gasteiger partial charge in [-0.3, -0.25) is 0 Å². The van der Waals surface area contributed by atoms with Crippen LogP contribution in [0, 0.1) is 22.7 Å². The monoisotopic (exact) mass is 659 g/mol. The molecule has 0 saturated heterocycles. The van der Waals surface area contributed by atoms with Gasteiger partial charge in [-0.15, -0.1) is 22.7 Å². The molecule has 0 unspecified atom stereocenters. The van der Waals surface area contributed by atoms with Gasteiger partial charge in [0.05, 0.1) is 23.3 Å². The average molecular weight is 660 g/mol. The van der Waals surface area contributed by atoms with E-state index in [9.17, 15) is 10.5 Å². The van der Waals surface area contributed by atoms with Gasteiger partial charge in [-0.2, -0.15) is 10.5 Å². The molecule has 0 fully saturated rings. The Balaban J connectivity index is 1.15. The Kier molecular flexibility index (Phi) is 6.95. The van der Waals surface area contributed by atoms with E-state index < -0.39 is 0 Å². The van der Waals surface area contributed by atoms with E-state index in [4.69, 9.17) is 0 Å². The minimum Gasteiger partial charge on any atom is -0.310 e. The van der Waals surface area contributed by atoms with Crippen LogP contribution in [0.3, 0.4) is 0 Å². The maximum atomic E-state index is 9.83. The number of anilines is 3. The second-order valence-corrected chi connectivity index (χ2v) is 14.1. The second-order valence-electron chi connectivity index (χ2n) is 12.0. The Morgan fingerprint density at radius 3 is 1.29 bits per heavy atom. The molecule has 3 nitrogen and oxygen atoms in total. The van der Waals surface area contributed by atoms with Crippen molar-refractivity contribution < 1.29 is 0 Å². The van der Waals surface area contributed by atoms with Gasteiger partial charge in [0.2, 0.25) is 0 Å². The van der Waals surface area contributed by atoms with Gasteiger partial charge < -0.3 is 4.90 Å². The first-order chi connectivity index (χ1) is 24.2. The number of nitrogens with zero attached hydrogens (tertiary/aromatic N) is 3. The lowest BCUT2D eigenvalue weighted by atomic mass is 10.0. The van der Waals surface area contributed by atoms with E-state index in [-0.39, 0.29) is 0 Å². The first-order valence-electron chi connectivity index (χ1n) is 16.0. The Labute approximate surface area is 291 Å². The number of thiophene rings is 2. The van der Waals surface area contributed by atoms with Gasteiger partial charge in [0.15, 0.2) is 0 Å². The number of benzene rings is 7. The first kappa shape index (κ1) is 28.9. The van der Waals surface area contributed by atoms with E-state index in [1.54, 1.807) is 6.07 Å². The largest absolute Gasteiger partial charge is 0.310 e. The highest BCUT2D eigenvalue weighted by Crippen LogP contribution is 2.43. The molecule has 7 aromatic carbocycles. The molecule has 5 heteroatoms. The molecule has 0 spiro atoms. The molecule has 0 aliphatic carbocycles. The van der Waals surface area contributed by atoms with Crippen LogP contribution in [0.2, 0.25) is 0 Å². The average Bonchev–Trinajstić information content (AvgIpc) is 3.74. The van der Waals surface area contributed by atoms with Crippen LogP contribution in [0.15, 0.2) is 152 Å². The lowest BCUT2D eigenvalue weighted by Crippen LogP contribution is -2.10. The summed E-state index contributed by atoms with van der Waals surface area (Å²) in [7, 11) is 0. The highest BCUT2D eigenvalue weighted by Gasteiger charge is 2.17. The molecule has 2 aromatic heterocycles. The topological polar surface area (TPSA) is 50.8 Å². The van der Waals surface area contributed by atoms with Crippen molar-refractivity contribution in [1.29, 1.82) is 10.5 Å². The highest BCUT2D eigenvalue weighted by atomic mass is 32.1. The molecule has 49 heavy (non-hydrogen) atoms. The van der Waals surface area contributed by atoms with E-state index >= 15 is 0 Å². The van der Waals surface area contributed by atoms with Gasteiger partial charge in [-0.1, -0.05) is 97.1 Å². The maximum absolute atomic E-state index is 9.83. The number of hydrogen-bond acceptors (Lipinski definition) is 5.